The molecule has 1 amide bonds. The number of hydrogen-bond donors (Lipinski definition) is 0. The maximum absolute atomic E-state index is 13.0. The van der Waals surface area contributed by atoms with Crippen LogP contribution in [0.4, 0.5) is 0 Å². The molecule has 0 spiro atoms. The van der Waals surface area contributed by atoms with Crippen LogP contribution in [0.15, 0.2) is 55.2 Å². The molecule has 3 heterocycles. The van der Waals surface area contributed by atoms with Gasteiger partial charge in [0.1, 0.15) is 31.1 Å². The maximum atomic E-state index is 13.0. The van der Waals surface area contributed by atoms with E-state index in [4.69, 9.17) is 4.74 Å². The Morgan fingerprint density at radius 2 is 2.19 bits per heavy atom. The molecule has 2 aromatic heterocycles. The van der Waals surface area contributed by atoms with Crippen molar-refractivity contribution in [1.82, 2.24) is 29.5 Å². The van der Waals surface area contributed by atoms with Crippen molar-refractivity contribution in [1.29, 1.82) is 0 Å². The second-order valence-electron chi connectivity index (χ2n) is 7.91. The number of aromatic nitrogens is 4. The first kappa shape index (κ1) is 21.0. The van der Waals surface area contributed by atoms with Crippen LogP contribution in [-0.4, -0.2) is 62.2 Å². The fourth-order valence-electron chi connectivity index (χ4n) is 3.77. The Morgan fingerprint density at radius 3 is 2.97 bits per heavy atom. The number of fused-ring (bicyclic) bond motifs is 1. The minimum atomic E-state index is -0.398. The Hall–Kier alpha value is -3.26. The zero-order valence-electron chi connectivity index (χ0n) is 18.0. The molecule has 1 unspecified atom stereocenters. The number of benzene rings is 1. The fourth-order valence-corrected chi connectivity index (χ4v) is 3.77. The number of likely N-dealkylation sites (N-methyl/N-ethyl adjacent to an activating group) is 1. The van der Waals surface area contributed by atoms with E-state index in [-0.39, 0.29) is 5.91 Å². The van der Waals surface area contributed by atoms with Crippen LogP contribution < -0.4 is 4.74 Å². The Kier molecular flexibility index (Phi) is 6.57. The lowest BCUT2D eigenvalue weighted by molar-refractivity contribution is -0.135. The van der Waals surface area contributed by atoms with Gasteiger partial charge in [-0.05, 0) is 43.8 Å². The second kappa shape index (κ2) is 9.70. The Bertz CT molecular complexity index is 993. The molecule has 0 bridgehead atoms. The van der Waals surface area contributed by atoms with Crippen molar-refractivity contribution in [3.63, 3.8) is 0 Å². The first-order valence-electron chi connectivity index (χ1n) is 10.6. The highest BCUT2D eigenvalue weighted by Gasteiger charge is 2.25. The Balaban J connectivity index is 1.40. The number of nitrogens with zero attached hydrogens (tertiary/aromatic N) is 6. The SMILES string of the molecule is CC(C(=O)N1CCOc2ccc(CN(C)CCc3ccccn3)cc2C1)n1cncn1. The summed E-state index contributed by atoms with van der Waals surface area (Å²) in [5.74, 6) is 0.864. The van der Waals surface area contributed by atoms with E-state index >= 15 is 0 Å². The molecule has 0 radical (unpaired) electrons. The highest BCUT2D eigenvalue weighted by molar-refractivity contribution is 5.80. The van der Waals surface area contributed by atoms with Gasteiger partial charge in [-0.15, -0.1) is 0 Å². The second-order valence-corrected chi connectivity index (χ2v) is 7.91. The summed E-state index contributed by atoms with van der Waals surface area (Å²) in [6, 6.07) is 11.9. The lowest BCUT2D eigenvalue weighted by Gasteiger charge is -2.24. The molecular weight excluding hydrogens is 392 g/mol. The monoisotopic (exact) mass is 420 g/mol. The minimum absolute atomic E-state index is 0.0137. The molecular formula is C23H28N6O2. The number of pyridine rings is 1. The van der Waals surface area contributed by atoms with Gasteiger partial charge >= 0.3 is 0 Å². The Morgan fingerprint density at radius 1 is 1.29 bits per heavy atom. The highest BCUT2D eigenvalue weighted by atomic mass is 16.5. The molecule has 4 rings (SSSR count). The predicted molar refractivity (Wildman–Crippen MR) is 116 cm³/mol. The average molecular weight is 421 g/mol. The van der Waals surface area contributed by atoms with Crippen LogP contribution in [0.3, 0.4) is 0 Å². The summed E-state index contributed by atoms with van der Waals surface area (Å²) in [5.41, 5.74) is 3.33. The molecule has 0 saturated carbocycles. The summed E-state index contributed by atoms with van der Waals surface area (Å²) >= 11 is 0. The van der Waals surface area contributed by atoms with Crippen molar-refractivity contribution in [3.8, 4) is 5.75 Å². The zero-order chi connectivity index (χ0) is 21.6. The minimum Gasteiger partial charge on any atom is -0.491 e. The standard InChI is InChI=1S/C23H28N6O2/c1-18(29-17-24-16-26-29)23(30)28-11-12-31-22-7-6-19(13-20(22)15-28)14-27(2)10-8-21-5-3-4-9-25-21/h3-7,9,13,16-18H,8,10-12,14-15H2,1-2H3. The highest BCUT2D eigenvalue weighted by Crippen LogP contribution is 2.26. The molecule has 8 heteroatoms. The van der Waals surface area contributed by atoms with E-state index in [1.54, 1.807) is 11.0 Å². The number of carbonyl (C=O) groups is 1. The summed E-state index contributed by atoms with van der Waals surface area (Å²) < 4.78 is 7.50. The summed E-state index contributed by atoms with van der Waals surface area (Å²) in [7, 11) is 2.11. The van der Waals surface area contributed by atoms with E-state index in [1.165, 1.54) is 11.9 Å². The van der Waals surface area contributed by atoms with Gasteiger partial charge in [-0.1, -0.05) is 12.1 Å². The normalized spacial score (nSPS) is 14.6. The quantitative estimate of drug-likeness (QED) is 0.584. The fraction of sp³-hybridized carbons (Fsp3) is 0.391. The molecule has 8 nitrogen and oxygen atoms in total. The van der Waals surface area contributed by atoms with Gasteiger partial charge in [-0.2, -0.15) is 5.10 Å². The molecule has 0 fully saturated rings. The topological polar surface area (TPSA) is 76.4 Å². The molecule has 162 valence electrons. The van der Waals surface area contributed by atoms with Gasteiger partial charge in [-0.25, -0.2) is 9.67 Å². The zero-order valence-corrected chi connectivity index (χ0v) is 18.0. The maximum Gasteiger partial charge on any atom is 0.247 e. The molecule has 1 atom stereocenters. The van der Waals surface area contributed by atoms with Gasteiger partial charge in [0.2, 0.25) is 5.91 Å². The van der Waals surface area contributed by atoms with Crippen LogP contribution in [-0.2, 0) is 24.3 Å². The molecule has 1 aliphatic rings. The third kappa shape index (κ3) is 5.27. The molecule has 1 aliphatic heterocycles. The molecule has 0 aliphatic carbocycles. The molecule has 0 N–H and O–H groups in total. The smallest absolute Gasteiger partial charge is 0.247 e. The first-order chi connectivity index (χ1) is 15.1. The van der Waals surface area contributed by atoms with E-state index in [0.29, 0.717) is 19.7 Å². The number of rotatable bonds is 7. The van der Waals surface area contributed by atoms with Crippen LogP contribution >= 0.6 is 0 Å². The van der Waals surface area contributed by atoms with Crippen molar-refractivity contribution >= 4 is 5.91 Å². The first-order valence-corrected chi connectivity index (χ1v) is 10.6. The predicted octanol–water partition coefficient (Wildman–Crippen LogP) is 2.33. The molecule has 31 heavy (non-hydrogen) atoms. The van der Waals surface area contributed by atoms with E-state index in [2.05, 4.69) is 45.2 Å². The summed E-state index contributed by atoms with van der Waals surface area (Å²) in [5, 5.41) is 4.10. The molecule has 1 aromatic carbocycles. The molecule has 3 aromatic rings. The van der Waals surface area contributed by atoms with Gasteiger partial charge in [0.15, 0.2) is 0 Å². The summed E-state index contributed by atoms with van der Waals surface area (Å²) in [4.78, 5) is 25.5. The third-order valence-electron chi connectivity index (χ3n) is 5.54. The lowest BCUT2D eigenvalue weighted by Crippen LogP contribution is -2.37. The van der Waals surface area contributed by atoms with Gasteiger partial charge in [0, 0.05) is 43.5 Å². The van der Waals surface area contributed by atoms with Crippen molar-refractivity contribution < 1.29 is 9.53 Å². The number of ether oxygens (including phenoxy) is 1. The summed E-state index contributed by atoms with van der Waals surface area (Å²) in [6.45, 7) is 5.14. The van der Waals surface area contributed by atoms with Gasteiger partial charge < -0.3 is 14.5 Å². The lowest BCUT2D eigenvalue weighted by atomic mass is 10.1. The van der Waals surface area contributed by atoms with Gasteiger partial charge in [0.05, 0.1) is 6.54 Å². The van der Waals surface area contributed by atoms with Crippen LogP contribution in [0.2, 0.25) is 0 Å². The number of amides is 1. The van der Waals surface area contributed by atoms with E-state index in [0.717, 1.165) is 36.5 Å². The van der Waals surface area contributed by atoms with Crippen molar-refractivity contribution in [2.24, 2.45) is 0 Å². The average Bonchev–Trinajstić information content (AvgIpc) is 3.24. The van der Waals surface area contributed by atoms with Crippen LogP contribution in [0.5, 0.6) is 5.75 Å². The van der Waals surface area contributed by atoms with Gasteiger partial charge in [0.25, 0.3) is 0 Å². The van der Waals surface area contributed by atoms with Crippen molar-refractivity contribution in [2.45, 2.75) is 32.5 Å². The van der Waals surface area contributed by atoms with Crippen LogP contribution in [0.25, 0.3) is 0 Å². The largest absolute Gasteiger partial charge is 0.491 e. The van der Waals surface area contributed by atoms with Crippen molar-refractivity contribution in [2.75, 3.05) is 26.7 Å². The number of carbonyl (C=O) groups excluding carboxylic acids is 1. The number of hydrogen-bond acceptors (Lipinski definition) is 6. The summed E-state index contributed by atoms with van der Waals surface area (Å²) in [6.07, 6.45) is 5.76. The molecule has 0 saturated heterocycles. The van der Waals surface area contributed by atoms with Crippen LogP contribution in [0, 0.1) is 0 Å². The van der Waals surface area contributed by atoms with E-state index in [1.807, 2.05) is 36.2 Å². The van der Waals surface area contributed by atoms with Crippen molar-refractivity contribution in [3.05, 3.63) is 72.1 Å². The Labute approximate surface area is 182 Å². The van der Waals surface area contributed by atoms with E-state index < -0.39 is 6.04 Å². The third-order valence-corrected chi connectivity index (χ3v) is 5.54. The van der Waals surface area contributed by atoms with Crippen LogP contribution in [0.1, 0.15) is 29.8 Å². The van der Waals surface area contributed by atoms with E-state index in [9.17, 15) is 4.79 Å². The van der Waals surface area contributed by atoms with Gasteiger partial charge in [-0.3, -0.25) is 9.78 Å².